The van der Waals surface area contributed by atoms with Gasteiger partial charge >= 0.3 is 5.97 Å². The summed E-state index contributed by atoms with van der Waals surface area (Å²) < 4.78 is 11.9. The number of carbonyl (C=O) groups excluding carboxylic acids is 1. The third-order valence-corrected chi connectivity index (χ3v) is 6.61. The fourth-order valence-electron chi connectivity index (χ4n) is 4.19. The highest BCUT2D eigenvalue weighted by Crippen LogP contribution is 2.30. The topological polar surface area (TPSA) is 105 Å². The van der Waals surface area contributed by atoms with Crippen LogP contribution in [0, 0.1) is 13.8 Å². The molecule has 1 aromatic heterocycles. The van der Waals surface area contributed by atoms with Crippen LogP contribution < -0.4 is 10.1 Å². The second kappa shape index (κ2) is 18.2. The summed E-state index contributed by atoms with van der Waals surface area (Å²) in [4.78, 5) is 31.3. The van der Waals surface area contributed by atoms with Gasteiger partial charge < -0.3 is 19.6 Å². The Hall–Kier alpha value is -3.39. The predicted molar refractivity (Wildman–Crippen MR) is 171 cm³/mol. The largest absolute Gasteiger partial charge is 0.478 e. The lowest BCUT2D eigenvalue weighted by Gasteiger charge is -2.26. The quantitative estimate of drug-likeness (QED) is 0.157. The Balaban J connectivity index is 0.00000431. The van der Waals surface area contributed by atoms with Crippen LogP contribution in [0.4, 0.5) is 0 Å². The maximum absolute atomic E-state index is 12.8. The first-order valence-corrected chi connectivity index (χ1v) is 15.3. The van der Waals surface area contributed by atoms with Crippen LogP contribution in [0.25, 0.3) is 5.57 Å². The Morgan fingerprint density at radius 1 is 1.14 bits per heavy atom. The van der Waals surface area contributed by atoms with Crippen LogP contribution in [0.3, 0.4) is 0 Å². The first-order valence-electron chi connectivity index (χ1n) is 15.3. The number of nitrogens with zero attached hydrogens (tertiary/aromatic N) is 2. The number of aryl methyl sites for hydroxylation is 3. The highest BCUT2D eigenvalue weighted by atomic mass is 16.5. The summed E-state index contributed by atoms with van der Waals surface area (Å²) in [5.74, 6) is 0.841. The number of ether oxygens (including phenoxy) is 1. The number of carboxylic acids is 1. The highest BCUT2D eigenvalue weighted by Gasteiger charge is 2.31. The Bertz CT molecular complexity index is 1210. The van der Waals surface area contributed by atoms with Gasteiger partial charge in [0.05, 0.1) is 12.2 Å². The third-order valence-electron chi connectivity index (χ3n) is 6.61. The van der Waals surface area contributed by atoms with Gasteiger partial charge in [0, 0.05) is 25.2 Å². The lowest BCUT2D eigenvalue weighted by atomic mass is 10.0. The fourth-order valence-corrected chi connectivity index (χ4v) is 4.19. The average molecular weight is 584 g/mol. The zero-order chi connectivity index (χ0) is 31.9. The van der Waals surface area contributed by atoms with E-state index in [9.17, 15) is 14.7 Å². The number of hydrogen-bond donors (Lipinski definition) is 2. The van der Waals surface area contributed by atoms with Gasteiger partial charge in [-0.3, -0.25) is 9.69 Å². The van der Waals surface area contributed by atoms with Gasteiger partial charge in [0.1, 0.15) is 11.5 Å². The zero-order valence-electron chi connectivity index (χ0n) is 27.5. The van der Waals surface area contributed by atoms with Crippen LogP contribution in [0.1, 0.15) is 109 Å². The van der Waals surface area contributed by atoms with Crippen molar-refractivity contribution in [3.8, 4) is 5.75 Å². The molecule has 0 spiro atoms. The maximum atomic E-state index is 12.8. The van der Waals surface area contributed by atoms with Crippen molar-refractivity contribution < 1.29 is 23.8 Å². The molecule has 0 radical (unpaired) electrons. The molecule has 1 aromatic carbocycles. The van der Waals surface area contributed by atoms with E-state index >= 15 is 0 Å². The molecular weight excluding hydrogens is 530 g/mol. The molecule has 0 bridgehead atoms. The van der Waals surface area contributed by atoms with Crippen LogP contribution in [-0.4, -0.2) is 45.6 Å². The lowest BCUT2D eigenvalue weighted by Crippen LogP contribution is -2.38. The van der Waals surface area contributed by atoms with Gasteiger partial charge in [0.15, 0.2) is 5.60 Å². The minimum absolute atomic E-state index is 0.0359. The number of rotatable bonds is 16. The molecule has 2 N–H and O–H groups in total. The van der Waals surface area contributed by atoms with Crippen LogP contribution in [0.2, 0.25) is 0 Å². The van der Waals surface area contributed by atoms with Crippen molar-refractivity contribution >= 4 is 17.4 Å². The van der Waals surface area contributed by atoms with Gasteiger partial charge in [0.25, 0.3) is 0 Å². The highest BCUT2D eigenvalue weighted by molar-refractivity contribution is 5.78. The van der Waals surface area contributed by atoms with Gasteiger partial charge in [-0.05, 0) is 70.6 Å². The number of carboxylic acid groups (broad SMARTS) is 1. The van der Waals surface area contributed by atoms with Crippen molar-refractivity contribution in [2.45, 2.75) is 114 Å². The van der Waals surface area contributed by atoms with E-state index < -0.39 is 11.6 Å². The number of carbonyl (C=O) groups is 2. The van der Waals surface area contributed by atoms with E-state index in [1.807, 2.05) is 65.8 Å². The molecule has 1 amide bonds. The number of amides is 1. The number of allylic oxidation sites excluding steroid dienone is 4. The minimum Gasteiger partial charge on any atom is -0.478 e. The number of oxazole rings is 1. The monoisotopic (exact) mass is 583 g/mol. The number of unbranched alkanes of at least 4 members (excludes halogenated alkanes) is 1. The molecule has 0 atom stereocenters. The fraction of sp³-hybridized carbons (Fsp3) is 0.559. The van der Waals surface area contributed by atoms with Gasteiger partial charge in [-0.2, -0.15) is 0 Å². The van der Waals surface area contributed by atoms with Gasteiger partial charge in [-0.1, -0.05) is 71.4 Å². The SMILES string of the molecule is CC.CC/C=C\C=C(/C)c1nc(CN(CC(=O)NCCCC)Cc2cc(C)c(OC(C)(C)C(=O)O)c(CC)c2)c(C)o1. The van der Waals surface area contributed by atoms with E-state index in [0.29, 0.717) is 37.7 Å². The van der Waals surface area contributed by atoms with E-state index in [-0.39, 0.29) is 12.5 Å². The first-order chi connectivity index (χ1) is 19.9. The van der Waals surface area contributed by atoms with E-state index in [1.165, 1.54) is 0 Å². The molecule has 234 valence electrons. The van der Waals surface area contributed by atoms with E-state index in [2.05, 4.69) is 30.1 Å². The minimum atomic E-state index is -1.35. The molecule has 0 aliphatic heterocycles. The summed E-state index contributed by atoms with van der Waals surface area (Å²) in [6, 6.07) is 4.04. The zero-order valence-corrected chi connectivity index (χ0v) is 27.5. The van der Waals surface area contributed by atoms with Crippen molar-refractivity contribution in [1.29, 1.82) is 0 Å². The molecule has 8 nitrogen and oxygen atoms in total. The molecule has 0 unspecified atom stereocenters. The first kappa shape index (κ1) is 36.6. The number of aromatic nitrogens is 1. The van der Waals surface area contributed by atoms with Crippen molar-refractivity contribution in [2.75, 3.05) is 13.1 Å². The van der Waals surface area contributed by atoms with Crippen molar-refractivity contribution in [3.05, 3.63) is 64.4 Å². The van der Waals surface area contributed by atoms with Crippen molar-refractivity contribution in [2.24, 2.45) is 0 Å². The van der Waals surface area contributed by atoms with Gasteiger partial charge in [-0.15, -0.1) is 0 Å². The predicted octanol–water partition coefficient (Wildman–Crippen LogP) is 7.41. The summed E-state index contributed by atoms with van der Waals surface area (Å²) in [6.07, 6.45) is 9.65. The molecule has 0 aliphatic rings. The molecule has 0 saturated heterocycles. The van der Waals surface area contributed by atoms with Crippen molar-refractivity contribution in [1.82, 2.24) is 15.2 Å². The Labute approximate surface area is 253 Å². The maximum Gasteiger partial charge on any atom is 0.347 e. The molecule has 0 aliphatic carbocycles. The second-order valence-electron chi connectivity index (χ2n) is 10.7. The second-order valence-corrected chi connectivity index (χ2v) is 10.7. The van der Waals surface area contributed by atoms with E-state index in [0.717, 1.165) is 53.0 Å². The van der Waals surface area contributed by atoms with Crippen LogP contribution in [0.15, 0.2) is 34.8 Å². The summed E-state index contributed by atoms with van der Waals surface area (Å²) >= 11 is 0. The van der Waals surface area contributed by atoms with Crippen LogP contribution >= 0.6 is 0 Å². The summed E-state index contributed by atoms with van der Waals surface area (Å²) in [5.41, 5.74) is 3.18. The molecule has 2 aromatic rings. The van der Waals surface area contributed by atoms with Gasteiger partial charge in [-0.25, -0.2) is 9.78 Å². The summed E-state index contributed by atoms with van der Waals surface area (Å²) in [7, 11) is 0. The Morgan fingerprint density at radius 2 is 1.83 bits per heavy atom. The molecule has 8 heteroatoms. The average Bonchev–Trinajstić information content (AvgIpc) is 3.31. The molecule has 0 fully saturated rings. The van der Waals surface area contributed by atoms with Gasteiger partial charge in [0.2, 0.25) is 11.8 Å². The molecule has 0 saturated carbocycles. The van der Waals surface area contributed by atoms with E-state index in [1.54, 1.807) is 13.8 Å². The van der Waals surface area contributed by atoms with Crippen molar-refractivity contribution in [3.63, 3.8) is 0 Å². The molecular formula is C34H53N3O5. The number of aliphatic carboxylic acids is 1. The Morgan fingerprint density at radius 3 is 2.43 bits per heavy atom. The van der Waals surface area contributed by atoms with Crippen LogP contribution in [-0.2, 0) is 29.1 Å². The summed E-state index contributed by atoms with van der Waals surface area (Å²) in [5, 5.41) is 12.6. The standard InChI is InChI=1S/C32H47N3O5.C2H6/c1-9-12-14-15-22(4)30-34-27(24(6)39-30)20-35(21-28(36)33-16-13-10-2)19-25-17-23(5)29(26(11-3)18-25)40-32(7,8)31(37)38;1-2/h12,14-15,17-18H,9-11,13,16,19-21H2,1-8H3,(H,33,36)(H,37,38);1-2H3/b14-12-,22-15+;. The third kappa shape index (κ3) is 11.5. The molecule has 2 rings (SSSR count). The number of nitrogens with one attached hydrogen (secondary N) is 1. The lowest BCUT2D eigenvalue weighted by molar-refractivity contribution is -0.152. The number of hydrogen-bond acceptors (Lipinski definition) is 6. The summed E-state index contributed by atoms with van der Waals surface area (Å²) in [6.45, 7) is 20.9. The number of benzene rings is 1. The Kier molecular flexibility index (Phi) is 15.9. The normalized spacial score (nSPS) is 11.9. The van der Waals surface area contributed by atoms with E-state index in [4.69, 9.17) is 14.1 Å². The molecule has 42 heavy (non-hydrogen) atoms. The molecule has 1 heterocycles. The smallest absolute Gasteiger partial charge is 0.347 e. The van der Waals surface area contributed by atoms with Crippen LogP contribution in [0.5, 0.6) is 5.75 Å².